The molecule has 0 aliphatic carbocycles. The van der Waals surface area contributed by atoms with Crippen LogP contribution in [-0.2, 0) is 11.3 Å². The number of amides is 2. The summed E-state index contributed by atoms with van der Waals surface area (Å²) in [7, 11) is 0. The molecule has 1 aromatic rings. The van der Waals surface area contributed by atoms with E-state index in [1.807, 2.05) is 0 Å². The minimum Gasteiger partial charge on any atom is -0.481 e. The molecule has 0 bridgehead atoms. The maximum absolute atomic E-state index is 11.3. The van der Waals surface area contributed by atoms with Crippen LogP contribution in [0.2, 0.25) is 0 Å². The van der Waals surface area contributed by atoms with Gasteiger partial charge < -0.3 is 20.7 Å². The molecule has 0 aliphatic heterocycles. The smallest absolute Gasteiger partial charge is 0.315 e. The lowest BCUT2D eigenvalue weighted by atomic mass is 10.1. The maximum atomic E-state index is 11.3. The number of aromatic amines is 1. The van der Waals surface area contributed by atoms with Gasteiger partial charge >= 0.3 is 12.0 Å². The van der Waals surface area contributed by atoms with Crippen molar-refractivity contribution in [2.24, 2.45) is 5.92 Å². The molecule has 7 heteroatoms. The number of carboxylic acid groups (broad SMARTS) is 1. The number of carbonyl (C=O) groups is 2. The molecular formula is C10H16N4O3. The predicted molar refractivity (Wildman–Crippen MR) is 60.2 cm³/mol. The SMILES string of the molecule is CC(CCNC(=O)NCc1cnc[nH]1)C(=O)O. The molecule has 1 heterocycles. The number of urea groups is 1. The third-order valence-corrected chi connectivity index (χ3v) is 2.28. The van der Waals surface area contributed by atoms with Crippen LogP contribution in [0.15, 0.2) is 12.5 Å². The number of imidazole rings is 1. The molecule has 1 aromatic heterocycles. The number of aliphatic carboxylic acids is 1. The summed E-state index contributed by atoms with van der Waals surface area (Å²) in [6.45, 7) is 2.30. The highest BCUT2D eigenvalue weighted by atomic mass is 16.4. The van der Waals surface area contributed by atoms with E-state index in [1.54, 1.807) is 13.1 Å². The Bertz CT molecular complexity index is 364. The summed E-state index contributed by atoms with van der Waals surface area (Å²) in [6, 6.07) is -0.322. The second kappa shape index (κ2) is 6.51. The molecule has 0 fully saturated rings. The first-order chi connectivity index (χ1) is 8.09. The first kappa shape index (κ1) is 13.0. The highest BCUT2D eigenvalue weighted by molar-refractivity contribution is 5.74. The Hall–Kier alpha value is -2.05. The van der Waals surface area contributed by atoms with Crippen LogP contribution in [0.1, 0.15) is 19.0 Å². The summed E-state index contributed by atoms with van der Waals surface area (Å²) >= 11 is 0. The summed E-state index contributed by atoms with van der Waals surface area (Å²) in [4.78, 5) is 28.5. The second-order valence-electron chi connectivity index (χ2n) is 3.71. The number of rotatable bonds is 6. The summed E-state index contributed by atoms with van der Waals surface area (Å²) in [5, 5.41) is 13.8. The summed E-state index contributed by atoms with van der Waals surface area (Å²) in [6.07, 6.45) is 3.56. The molecular weight excluding hydrogens is 224 g/mol. The highest BCUT2D eigenvalue weighted by Gasteiger charge is 2.10. The standard InChI is InChI=1S/C10H16N4O3/c1-7(9(15)16)2-3-12-10(17)13-5-8-4-11-6-14-8/h4,6-7H,2-3,5H2,1H3,(H,11,14)(H,15,16)(H2,12,13,17). The Kier molecular flexibility index (Phi) is 4.99. The monoisotopic (exact) mass is 240 g/mol. The van der Waals surface area contributed by atoms with Crippen molar-refractivity contribution in [3.63, 3.8) is 0 Å². The molecule has 7 nitrogen and oxygen atoms in total. The van der Waals surface area contributed by atoms with Crippen molar-refractivity contribution in [1.82, 2.24) is 20.6 Å². The quantitative estimate of drug-likeness (QED) is 0.574. The van der Waals surface area contributed by atoms with Gasteiger partial charge in [-0.25, -0.2) is 9.78 Å². The van der Waals surface area contributed by atoms with Crippen LogP contribution in [0.5, 0.6) is 0 Å². The summed E-state index contributed by atoms with van der Waals surface area (Å²) in [5.41, 5.74) is 0.805. The molecule has 0 aliphatic rings. The van der Waals surface area contributed by atoms with Crippen LogP contribution < -0.4 is 10.6 Å². The average molecular weight is 240 g/mol. The van der Waals surface area contributed by atoms with E-state index in [0.29, 0.717) is 19.5 Å². The molecule has 0 spiro atoms. The van der Waals surface area contributed by atoms with Crippen molar-refractivity contribution in [2.75, 3.05) is 6.54 Å². The fourth-order valence-corrected chi connectivity index (χ4v) is 1.15. The molecule has 0 aromatic carbocycles. The van der Waals surface area contributed by atoms with Gasteiger partial charge in [0.2, 0.25) is 0 Å². The van der Waals surface area contributed by atoms with Crippen molar-refractivity contribution in [3.05, 3.63) is 18.2 Å². The third-order valence-electron chi connectivity index (χ3n) is 2.28. The average Bonchev–Trinajstić information content (AvgIpc) is 2.78. The number of carbonyl (C=O) groups excluding carboxylic acids is 1. The van der Waals surface area contributed by atoms with E-state index in [1.165, 1.54) is 6.33 Å². The molecule has 17 heavy (non-hydrogen) atoms. The summed E-state index contributed by atoms with van der Waals surface area (Å²) in [5.74, 6) is -1.31. The Balaban J connectivity index is 2.11. The van der Waals surface area contributed by atoms with Crippen molar-refractivity contribution < 1.29 is 14.7 Å². The first-order valence-electron chi connectivity index (χ1n) is 5.31. The van der Waals surface area contributed by atoms with Crippen LogP contribution in [0, 0.1) is 5.92 Å². The zero-order valence-electron chi connectivity index (χ0n) is 9.56. The van der Waals surface area contributed by atoms with Crippen molar-refractivity contribution >= 4 is 12.0 Å². The molecule has 0 saturated heterocycles. The van der Waals surface area contributed by atoms with E-state index in [-0.39, 0.29) is 6.03 Å². The van der Waals surface area contributed by atoms with E-state index in [0.717, 1.165) is 5.69 Å². The Morgan fingerprint density at radius 1 is 1.53 bits per heavy atom. The van der Waals surface area contributed by atoms with Crippen molar-refractivity contribution in [1.29, 1.82) is 0 Å². The van der Waals surface area contributed by atoms with Crippen LogP contribution in [0.3, 0.4) is 0 Å². The van der Waals surface area contributed by atoms with Gasteiger partial charge in [-0.1, -0.05) is 6.92 Å². The number of carboxylic acids is 1. The molecule has 4 N–H and O–H groups in total. The van der Waals surface area contributed by atoms with Crippen LogP contribution in [0.4, 0.5) is 4.79 Å². The molecule has 0 saturated carbocycles. The maximum Gasteiger partial charge on any atom is 0.315 e. The highest BCUT2D eigenvalue weighted by Crippen LogP contribution is 1.99. The molecule has 0 radical (unpaired) electrons. The van der Waals surface area contributed by atoms with Gasteiger partial charge in [0, 0.05) is 12.7 Å². The largest absolute Gasteiger partial charge is 0.481 e. The minimum atomic E-state index is -0.857. The van der Waals surface area contributed by atoms with Gasteiger partial charge in [0.05, 0.1) is 24.5 Å². The van der Waals surface area contributed by atoms with Gasteiger partial charge in [-0.05, 0) is 6.42 Å². The molecule has 1 rings (SSSR count). The van der Waals surface area contributed by atoms with Gasteiger partial charge in [0.15, 0.2) is 0 Å². The minimum absolute atomic E-state index is 0.322. The summed E-state index contributed by atoms with van der Waals surface area (Å²) < 4.78 is 0. The fourth-order valence-electron chi connectivity index (χ4n) is 1.15. The van der Waals surface area contributed by atoms with Gasteiger partial charge in [-0.3, -0.25) is 4.79 Å². The van der Waals surface area contributed by atoms with E-state index in [9.17, 15) is 9.59 Å². The lowest BCUT2D eigenvalue weighted by Crippen LogP contribution is -2.36. The number of nitrogens with one attached hydrogen (secondary N) is 3. The van der Waals surface area contributed by atoms with Crippen LogP contribution in [0.25, 0.3) is 0 Å². The van der Waals surface area contributed by atoms with Gasteiger partial charge in [0.1, 0.15) is 0 Å². The predicted octanol–water partition coefficient (Wildman–Crippen LogP) is 0.320. The van der Waals surface area contributed by atoms with Crippen molar-refractivity contribution in [3.8, 4) is 0 Å². The van der Waals surface area contributed by atoms with E-state index in [2.05, 4.69) is 20.6 Å². The van der Waals surface area contributed by atoms with Gasteiger partial charge in [-0.15, -0.1) is 0 Å². The van der Waals surface area contributed by atoms with E-state index in [4.69, 9.17) is 5.11 Å². The number of hydrogen-bond acceptors (Lipinski definition) is 3. The Morgan fingerprint density at radius 2 is 2.29 bits per heavy atom. The lowest BCUT2D eigenvalue weighted by molar-refractivity contribution is -0.141. The van der Waals surface area contributed by atoms with Gasteiger partial charge in [0.25, 0.3) is 0 Å². The molecule has 1 unspecified atom stereocenters. The second-order valence-corrected chi connectivity index (χ2v) is 3.71. The van der Waals surface area contributed by atoms with Gasteiger partial charge in [-0.2, -0.15) is 0 Å². The first-order valence-corrected chi connectivity index (χ1v) is 5.31. The van der Waals surface area contributed by atoms with Crippen LogP contribution in [-0.4, -0.2) is 33.6 Å². The topological polar surface area (TPSA) is 107 Å². The number of nitrogens with zero attached hydrogens (tertiary/aromatic N) is 1. The Morgan fingerprint density at radius 3 is 2.88 bits per heavy atom. The zero-order valence-corrected chi connectivity index (χ0v) is 9.56. The molecule has 94 valence electrons. The van der Waals surface area contributed by atoms with E-state index < -0.39 is 11.9 Å². The third kappa shape index (κ3) is 5.01. The van der Waals surface area contributed by atoms with E-state index >= 15 is 0 Å². The number of aromatic nitrogens is 2. The number of H-pyrrole nitrogens is 1. The fraction of sp³-hybridized carbons (Fsp3) is 0.500. The molecule has 1 atom stereocenters. The lowest BCUT2D eigenvalue weighted by Gasteiger charge is -2.08. The normalized spacial score (nSPS) is 11.8. The number of hydrogen-bond donors (Lipinski definition) is 4. The van der Waals surface area contributed by atoms with Crippen molar-refractivity contribution in [2.45, 2.75) is 19.9 Å². The molecule has 2 amide bonds. The zero-order chi connectivity index (χ0) is 12.7. The Labute approximate surface area is 98.6 Å². The van der Waals surface area contributed by atoms with Crippen LogP contribution >= 0.6 is 0 Å².